The molecule has 2 heterocycles. The highest BCUT2D eigenvalue weighted by Gasteiger charge is 2.28. The van der Waals surface area contributed by atoms with Gasteiger partial charge in [0.05, 0.1) is 12.1 Å². The fourth-order valence-corrected chi connectivity index (χ4v) is 4.61. The predicted molar refractivity (Wildman–Crippen MR) is 130 cm³/mol. The molecule has 0 bridgehead atoms. The molecular formula is C25H29ClN4O2. The second-order valence-corrected chi connectivity index (χ2v) is 8.84. The first-order valence-electron chi connectivity index (χ1n) is 11.1. The summed E-state index contributed by atoms with van der Waals surface area (Å²) in [6.07, 6.45) is 2.17. The van der Waals surface area contributed by atoms with Gasteiger partial charge in [0.25, 0.3) is 5.56 Å². The number of fused-ring (bicyclic) bond motifs is 1. The monoisotopic (exact) mass is 452 g/mol. The molecule has 6 nitrogen and oxygen atoms in total. The van der Waals surface area contributed by atoms with E-state index in [2.05, 4.69) is 22.1 Å². The van der Waals surface area contributed by atoms with Gasteiger partial charge in [-0.1, -0.05) is 36.7 Å². The number of H-pyrrole nitrogens is 1. The van der Waals surface area contributed by atoms with E-state index >= 15 is 0 Å². The van der Waals surface area contributed by atoms with Crippen LogP contribution in [0.2, 0.25) is 5.02 Å². The maximum absolute atomic E-state index is 13.3. The first-order chi connectivity index (χ1) is 15.4. The summed E-state index contributed by atoms with van der Waals surface area (Å²) in [6, 6.07) is 14.9. The number of likely N-dealkylation sites (tertiary alicyclic amines) is 1. The standard InChI is InChI=1S/C25H29ClN4O2/c1-3-29-13-5-8-22(29)16-30(25(32)27-21-11-9-20(26)10-12-21)15-19-14-18-7-4-6-17(2)23(18)28-24(19)31/h4,6-7,9-12,14,22H,3,5,8,13,15-16H2,1-2H3,(H,27,32)(H,28,31). The number of likely N-dealkylation sites (N-methyl/N-ethyl adjacent to an activating group) is 1. The number of amides is 2. The Labute approximate surface area is 193 Å². The molecule has 1 aromatic heterocycles. The number of hydrogen-bond acceptors (Lipinski definition) is 3. The SMILES string of the molecule is CCN1CCCC1CN(Cc1cc2cccc(C)c2[nH]c1=O)C(=O)Nc1ccc(Cl)cc1. The lowest BCUT2D eigenvalue weighted by molar-refractivity contribution is 0.174. The van der Waals surface area contributed by atoms with E-state index in [-0.39, 0.29) is 24.2 Å². The number of aromatic amines is 1. The summed E-state index contributed by atoms with van der Waals surface area (Å²) in [5.74, 6) is 0. The third kappa shape index (κ3) is 4.97. The van der Waals surface area contributed by atoms with Gasteiger partial charge >= 0.3 is 6.03 Å². The van der Waals surface area contributed by atoms with Crippen molar-refractivity contribution in [2.75, 3.05) is 25.0 Å². The van der Waals surface area contributed by atoms with Crippen molar-refractivity contribution >= 4 is 34.2 Å². The van der Waals surface area contributed by atoms with Crippen molar-refractivity contribution in [3.63, 3.8) is 0 Å². The van der Waals surface area contributed by atoms with Gasteiger partial charge in [0, 0.05) is 28.9 Å². The van der Waals surface area contributed by atoms with Crippen molar-refractivity contribution in [3.8, 4) is 0 Å². The van der Waals surface area contributed by atoms with E-state index in [9.17, 15) is 9.59 Å². The van der Waals surface area contributed by atoms with Gasteiger partial charge < -0.3 is 15.2 Å². The number of aromatic nitrogens is 1. The molecule has 0 spiro atoms. The van der Waals surface area contributed by atoms with Crippen LogP contribution in [-0.2, 0) is 6.54 Å². The molecule has 2 amide bonds. The molecule has 2 N–H and O–H groups in total. The van der Waals surface area contributed by atoms with Gasteiger partial charge in [-0.25, -0.2) is 4.79 Å². The largest absolute Gasteiger partial charge is 0.322 e. The van der Waals surface area contributed by atoms with Gasteiger partial charge in [0.15, 0.2) is 0 Å². The van der Waals surface area contributed by atoms with Gasteiger partial charge in [-0.05, 0) is 74.1 Å². The molecule has 3 aromatic rings. The quantitative estimate of drug-likeness (QED) is 0.552. The molecule has 1 atom stereocenters. The number of anilines is 1. The van der Waals surface area contributed by atoms with Crippen LogP contribution in [0.4, 0.5) is 10.5 Å². The van der Waals surface area contributed by atoms with E-state index in [4.69, 9.17) is 11.6 Å². The molecule has 2 aromatic carbocycles. The normalized spacial score (nSPS) is 16.4. The fourth-order valence-electron chi connectivity index (χ4n) is 4.48. The van der Waals surface area contributed by atoms with E-state index in [1.54, 1.807) is 29.2 Å². The van der Waals surface area contributed by atoms with Crippen LogP contribution in [0.5, 0.6) is 0 Å². The molecular weight excluding hydrogens is 424 g/mol. The lowest BCUT2D eigenvalue weighted by Gasteiger charge is -2.30. The molecule has 32 heavy (non-hydrogen) atoms. The van der Waals surface area contributed by atoms with Gasteiger partial charge in [0.1, 0.15) is 0 Å². The molecule has 0 saturated carbocycles. The number of carbonyl (C=O) groups excluding carboxylic acids is 1. The van der Waals surface area contributed by atoms with Crippen molar-refractivity contribution in [3.05, 3.63) is 75.0 Å². The summed E-state index contributed by atoms with van der Waals surface area (Å²) in [6.45, 7) is 6.93. The zero-order chi connectivity index (χ0) is 22.7. The third-order valence-corrected chi connectivity index (χ3v) is 6.50. The summed E-state index contributed by atoms with van der Waals surface area (Å²) in [5.41, 5.74) is 2.95. The maximum atomic E-state index is 13.3. The van der Waals surface area contributed by atoms with Crippen molar-refractivity contribution < 1.29 is 4.79 Å². The zero-order valence-corrected chi connectivity index (χ0v) is 19.3. The minimum atomic E-state index is -0.223. The maximum Gasteiger partial charge on any atom is 0.322 e. The van der Waals surface area contributed by atoms with Crippen LogP contribution < -0.4 is 10.9 Å². The molecule has 0 aliphatic carbocycles. The van der Waals surface area contributed by atoms with Crippen molar-refractivity contribution in [1.29, 1.82) is 0 Å². The fraction of sp³-hybridized carbons (Fsp3) is 0.360. The van der Waals surface area contributed by atoms with E-state index in [1.807, 2.05) is 31.2 Å². The Morgan fingerprint density at radius 1 is 1.25 bits per heavy atom. The Kier molecular flexibility index (Phi) is 6.82. The van der Waals surface area contributed by atoms with Crippen molar-refractivity contribution in [1.82, 2.24) is 14.8 Å². The molecule has 4 rings (SSSR count). The Balaban J connectivity index is 1.61. The third-order valence-electron chi connectivity index (χ3n) is 6.25. The van der Waals surface area contributed by atoms with Crippen LogP contribution in [0, 0.1) is 6.92 Å². The molecule has 1 aliphatic heterocycles. The van der Waals surface area contributed by atoms with Crippen LogP contribution in [0.25, 0.3) is 10.9 Å². The van der Waals surface area contributed by atoms with E-state index in [1.165, 1.54) is 0 Å². The summed E-state index contributed by atoms with van der Waals surface area (Å²) in [4.78, 5) is 33.3. The average Bonchev–Trinajstić information content (AvgIpc) is 3.23. The Bertz CT molecular complexity index is 1160. The number of nitrogens with zero attached hydrogens (tertiary/aromatic N) is 2. The van der Waals surface area contributed by atoms with Gasteiger partial charge in [0.2, 0.25) is 0 Å². The van der Waals surface area contributed by atoms with Crippen LogP contribution in [0.3, 0.4) is 0 Å². The number of benzene rings is 2. The minimum absolute atomic E-state index is 0.158. The van der Waals surface area contributed by atoms with E-state index in [0.29, 0.717) is 22.8 Å². The summed E-state index contributed by atoms with van der Waals surface area (Å²) in [7, 11) is 0. The first-order valence-corrected chi connectivity index (χ1v) is 11.5. The Hall–Kier alpha value is -2.83. The molecule has 1 unspecified atom stereocenters. The number of nitrogens with one attached hydrogen (secondary N) is 2. The summed E-state index contributed by atoms with van der Waals surface area (Å²) >= 11 is 5.97. The molecule has 1 fully saturated rings. The van der Waals surface area contributed by atoms with Crippen LogP contribution in [0.15, 0.2) is 53.3 Å². The van der Waals surface area contributed by atoms with Gasteiger partial charge in [-0.15, -0.1) is 0 Å². The lowest BCUT2D eigenvalue weighted by atomic mass is 10.1. The number of carbonyl (C=O) groups is 1. The van der Waals surface area contributed by atoms with Gasteiger partial charge in [-0.2, -0.15) is 0 Å². The minimum Gasteiger partial charge on any atom is -0.321 e. The Morgan fingerprint density at radius 2 is 2.03 bits per heavy atom. The highest BCUT2D eigenvalue weighted by molar-refractivity contribution is 6.30. The smallest absolute Gasteiger partial charge is 0.321 e. The zero-order valence-electron chi connectivity index (χ0n) is 18.5. The highest BCUT2D eigenvalue weighted by Crippen LogP contribution is 2.21. The number of rotatable bonds is 6. The average molecular weight is 453 g/mol. The predicted octanol–water partition coefficient (Wildman–Crippen LogP) is 5.01. The number of pyridine rings is 1. The Morgan fingerprint density at radius 3 is 2.78 bits per heavy atom. The molecule has 168 valence electrons. The van der Waals surface area contributed by atoms with Crippen molar-refractivity contribution in [2.24, 2.45) is 0 Å². The summed E-state index contributed by atoms with van der Waals surface area (Å²) < 4.78 is 0. The molecule has 7 heteroatoms. The number of aryl methyl sites for hydroxylation is 1. The van der Waals surface area contributed by atoms with Crippen LogP contribution in [0.1, 0.15) is 30.9 Å². The number of urea groups is 1. The second kappa shape index (κ2) is 9.76. The van der Waals surface area contributed by atoms with Crippen molar-refractivity contribution in [2.45, 2.75) is 39.3 Å². The van der Waals surface area contributed by atoms with Gasteiger partial charge in [-0.3, -0.25) is 9.69 Å². The van der Waals surface area contributed by atoms with Crippen LogP contribution in [-0.4, -0.2) is 46.5 Å². The first kappa shape index (κ1) is 22.4. The number of hydrogen-bond donors (Lipinski definition) is 2. The molecule has 0 radical (unpaired) electrons. The molecule has 1 saturated heterocycles. The number of para-hydroxylation sites is 1. The highest BCUT2D eigenvalue weighted by atomic mass is 35.5. The summed E-state index contributed by atoms with van der Waals surface area (Å²) in [5, 5.41) is 4.54. The topological polar surface area (TPSA) is 68.4 Å². The lowest BCUT2D eigenvalue weighted by Crippen LogP contribution is -2.45. The number of halogens is 1. The van der Waals surface area contributed by atoms with E-state index < -0.39 is 0 Å². The van der Waals surface area contributed by atoms with E-state index in [0.717, 1.165) is 42.4 Å². The molecule has 1 aliphatic rings. The van der Waals surface area contributed by atoms with Crippen LogP contribution >= 0.6 is 11.6 Å². The second-order valence-electron chi connectivity index (χ2n) is 8.41.